The summed E-state index contributed by atoms with van der Waals surface area (Å²) < 4.78 is 5.72. The van der Waals surface area contributed by atoms with E-state index in [0.29, 0.717) is 6.54 Å². The van der Waals surface area contributed by atoms with Crippen LogP contribution in [0.2, 0.25) is 0 Å². The third-order valence-electron chi connectivity index (χ3n) is 6.09. The van der Waals surface area contributed by atoms with Gasteiger partial charge in [0.05, 0.1) is 13.2 Å². The van der Waals surface area contributed by atoms with Crippen molar-refractivity contribution in [2.75, 3.05) is 18.7 Å². The van der Waals surface area contributed by atoms with Gasteiger partial charge in [0.2, 0.25) is 5.91 Å². The van der Waals surface area contributed by atoms with E-state index in [4.69, 9.17) is 16.3 Å². The number of benzene rings is 2. The molecule has 3 rings (SSSR count). The Balaban J connectivity index is 2.05. The molecule has 1 amide bonds. The van der Waals surface area contributed by atoms with E-state index in [9.17, 15) is 4.79 Å². The first kappa shape index (κ1) is 24.0. The summed E-state index contributed by atoms with van der Waals surface area (Å²) in [6, 6.07) is 15.0. The SMILES string of the molecule is CCCC[C@]1(CC)CSc2cc(CNC(=O)CCl)c(OC)cc2[C@@H](c2ccccc2)N1. The van der Waals surface area contributed by atoms with Gasteiger partial charge in [-0.05, 0) is 36.1 Å². The van der Waals surface area contributed by atoms with Crippen LogP contribution in [0.25, 0.3) is 0 Å². The van der Waals surface area contributed by atoms with Crippen LogP contribution in [-0.2, 0) is 11.3 Å². The van der Waals surface area contributed by atoms with Gasteiger partial charge in [-0.3, -0.25) is 10.1 Å². The number of carbonyl (C=O) groups excluding carboxylic acids is 1. The Kier molecular flexibility index (Phi) is 8.70. The van der Waals surface area contributed by atoms with Crippen LogP contribution in [0.1, 0.15) is 62.3 Å². The maximum Gasteiger partial charge on any atom is 0.235 e. The summed E-state index contributed by atoms with van der Waals surface area (Å²) in [5.41, 5.74) is 3.52. The lowest BCUT2D eigenvalue weighted by Crippen LogP contribution is -2.48. The molecule has 1 aliphatic heterocycles. The Labute approximate surface area is 195 Å². The minimum Gasteiger partial charge on any atom is -0.496 e. The van der Waals surface area contributed by atoms with Crippen LogP contribution in [0.5, 0.6) is 5.75 Å². The molecule has 31 heavy (non-hydrogen) atoms. The number of unbranched alkanes of at least 4 members (excludes halogenated alkanes) is 1. The highest BCUT2D eigenvalue weighted by Crippen LogP contribution is 2.43. The Morgan fingerprint density at radius 2 is 2.06 bits per heavy atom. The molecule has 0 fully saturated rings. The zero-order chi connectivity index (χ0) is 22.3. The van der Waals surface area contributed by atoms with Crippen molar-refractivity contribution in [1.82, 2.24) is 10.6 Å². The highest BCUT2D eigenvalue weighted by Gasteiger charge is 2.36. The number of thioether (sulfide) groups is 1. The van der Waals surface area contributed by atoms with Crippen molar-refractivity contribution in [2.45, 2.75) is 62.6 Å². The molecule has 2 N–H and O–H groups in total. The van der Waals surface area contributed by atoms with Crippen LogP contribution in [0.3, 0.4) is 0 Å². The number of ether oxygens (including phenoxy) is 1. The van der Waals surface area contributed by atoms with Crippen molar-refractivity contribution in [1.29, 1.82) is 0 Å². The molecule has 1 aliphatic rings. The Morgan fingerprint density at radius 1 is 1.29 bits per heavy atom. The number of carbonyl (C=O) groups is 1. The van der Waals surface area contributed by atoms with E-state index in [2.05, 4.69) is 66.9 Å². The number of hydrogen-bond acceptors (Lipinski definition) is 4. The molecule has 4 nitrogen and oxygen atoms in total. The van der Waals surface area contributed by atoms with E-state index in [1.807, 2.05) is 11.8 Å². The highest BCUT2D eigenvalue weighted by molar-refractivity contribution is 7.99. The van der Waals surface area contributed by atoms with Crippen LogP contribution < -0.4 is 15.4 Å². The topological polar surface area (TPSA) is 50.4 Å². The van der Waals surface area contributed by atoms with Crippen molar-refractivity contribution in [3.05, 3.63) is 59.2 Å². The molecule has 0 saturated heterocycles. The molecule has 6 heteroatoms. The van der Waals surface area contributed by atoms with E-state index in [0.717, 1.165) is 29.9 Å². The molecule has 0 saturated carbocycles. The quantitative estimate of drug-likeness (QED) is 0.473. The molecule has 0 bridgehead atoms. The van der Waals surface area contributed by atoms with Gasteiger partial charge in [0.1, 0.15) is 11.6 Å². The second-order valence-corrected chi connectivity index (χ2v) is 9.41. The van der Waals surface area contributed by atoms with Crippen LogP contribution in [-0.4, -0.2) is 30.2 Å². The molecule has 0 aromatic heterocycles. The first-order valence-corrected chi connectivity index (χ1v) is 12.6. The van der Waals surface area contributed by atoms with Crippen molar-refractivity contribution in [3.63, 3.8) is 0 Å². The largest absolute Gasteiger partial charge is 0.496 e. The van der Waals surface area contributed by atoms with Crippen molar-refractivity contribution >= 4 is 29.3 Å². The number of fused-ring (bicyclic) bond motifs is 1. The van der Waals surface area contributed by atoms with E-state index in [1.165, 1.54) is 28.9 Å². The molecule has 0 spiro atoms. The van der Waals surface area contributed by atoms with Gasteiger partial charge in [0, 0.05) is 28.3 Å². The number of hydrogen-bond donors (Lipinski definition) is 2. The molecular formula is C25H33ClN2O2S. The molecule has 168 valence electrons. The fraction of sp³-hybridized carbons (Fsp3) is 0.480. The fourth-order valence-corrected chi connectivity index (χ4v) is 5.65. The number of nitrogens with one attached hydrogen (secondary N) is 2. The third-order valence-corrected chi connectivity index (χ3v) is 7.70. The first-order chi connectivity index (χ1) is 15.1. The lowest BCUT2D eigenvalue weighted by molar-refractivity contribution is -0.118. The van der Waals surface area contributed by atoms with Gasteiger partial charge < -0.3 is 10.1 Å². The van der Waals surface area contributed by atoms with Crippen LogP contribution in [0.15, 0.2) is 47.4 Å². The smallest absolute Gasteiger partial charge is 0.235 e. The fourth-order valence-electron chi connectivity index (χ4n) is 4.13. The predicted molar refractivity (Wildman–Crippen MR) is 130 cm³/mol. The van der Waals surface area contributed by atoms with Crippen molar-refractivity contribution in [2.24, 2.45) is 0 Å². The van der Waals surface area contributed by atoms with Crippen LogP contribution in [0, 0.1) is 0 Å². The number of methoxy groups -OCH3 is 1. The van der Waals surface area contributed by atoms with E-state index >= 15 is 0 Å². The molecule has 2 atom stereocenters. The van der Waals surface area contributed by atoms with Crippen LogP contribution in [0.4, 0.5) is 0 Å². The normalized spacial score (nSPS) is 20.6. The second kappa shape index (κ2) is 11.3. The summed E-state index contributed by atoms with van der Waals surface area (Å²) >= 11 is 7.56. The van der Waals surface area contributed by atoms with E-state index in [-0.39, 0.29) is 23.4 Å². The summed E-state index contributed by atoms with van der Waals surface area (Å²) in [7, 11) is 1.68. The zero-order valence-electron chi connectivity index (χ0n) is 18.7. The summed E-state index contributed by atoms with van der Waals surface area (Å²) in [5.74, 6) is 1.58. The number of halogens is 1. The average molecular weight is 461 g/mol. The molecule has 2 aromatic rings. The Hall–Kier alpha value is -1.69. The second-order valence-electron chi connectivity index (χ2n) is 8.13. The minimum atomic E-state index is -0.181. The maximum atomic E-state index is 11.7. The molecule has 0 unspecified atom stereocenters. The standard InChI is InChI=1S/C25H33ClN2O2S/c1-4-6-12-25(5-2)17-31-22-13-19(16-27-23(29)15-26)21(30-3)14-20(22)24(28-25)18-10-8-7-9-11-18/h7-11,13-14,24,28H,4-6,12,15-17H2,1-3H3,(H,27,29)/t24-,25-/m1/s1. The van der Waals surface area contributed by atoms with Gasteiger partial charge in [-0.1, -0.05) is 57.0 Å². The summed E-state index contributed by atoms with van der Waals surface area (Å²) in [6.45, 7) is 4.94. The lowest BCUT2D eigenvalue weighted by atomic mass is 9.88. The first-order valence-electron chi connectivity index (χ1n) is 11.0. The monoisotopic (exact) mass is 460 g/mol. The molecule has 0 radical (unpaired) electrons. The van der Waals surface area contributed by atoms with Gasteiger partial charge in [0.15, 0.2) is 0 Å². The van der Waals surface area contributed by atoms with Gasteiger partial charge in [-0.15, -0.1) is 23.4 Å². The van der Waals surface area contributed by atoms with Gasteiger partial charge in [-0.2, -0.15) is 0 Å². The number of alkyl halides is 1. The Bertz CT molecular complexity index is 877. The van der Waals surface area contributed by atoms with Crippen LogP contribution >= 0.6 is 23.4 Å². The minimum absolute atomic E-state index is 0.0432. The van der Waals surface area contributed by atoms with E-state index in [1.54, 1.807) is 7.11 Å². The lowest BCUT2D eigenvalue weighted by Gasteiger charge is -2.36. The van der Waals surface area contributed by atoms with Gasteiger partial charge >= 0.3 is 0 Å². The maximum absolute atomic E-state index is 11.7. The van der Waals surface area contributed by atoms with Crippen molar-refractivity contribution < 1.29 is 9.53 Å². The molecule has 2 aromatic carbocycles. The zero-order valence-corrected chi connectivity index (χ0v) is 20.2. The molecule has 0 aliphatic carbocycles. The number of rotatable bonds is 9. The highest BCUT2D eigenvalue weighted by atomic mass is 35.5. The molecular weight excluding hydrogens is 428 g/mol. The van der Waals surface area contributed by atoms with Crippen molar-refractivity contribution in [3.8, 4) is 5.75 Å². The number of amides is 1. The summed E-state index contributed by atoms with van der Waals surface area (Å²) in [6.07, 6.45) is 4.63. The van der Waals surface area contributed by atoms with Gasteiger partial charge in [0.25, 0.3) is 0 Å². The predicted octanol–water partition coefficient (Wildman–Crippen LogP) is 5.67. The Morgan fingerprint density at radius 3 is 2.71 bits per heavy atom. The third kappa shape index (κ3) is 5.76. The summed E-state index contributed by atoms with van der Waals surface area (Å²) in [5, 5.41) is 6.92. The van der Waals surface area contributed by atoms with Gasteiger partial charge in [-0.25, -0.2) is 0 Å². The molecule has 1 heterocycles. The van der Waals surface area contributed by atoms with E-state index < -0.39 is 0 Å². The average Bonchev–Trinajstić information content (AvgIpc) is 2.98. The summed E-state index contributed by atoms with van der Waals surface area (Å²) in [4.78, 5) is 12.9.